The van der Waals surface area contributed by atoms with Crippen LogP contribution < -0.4 is 0 Å². The Hall–Kier alpha value is -0.520. The van der Waals surface area contributed by atoms with Crippen LogP contribution in [0.25, 0.3) is 0 Å². The Morgan fingerprint density at radius 3 is 2.59 bits per heavy atom. The van der Waals surface area contributed by atoms with E-state index in [1.54, 1.807) is 0 Å². The standard InChI is InChI=1S/C17H30/c1-3-4-11-16(2)12-7-5-8-13-17-14-9-6-10-15-17/h6,9-10,14,16-17H,3-5,7-8,11-13,15H2,1-2H3. The maximum Gasteiger partial charge on any atom is -0.0196 e. The highest BCUT2D eigenvalue weighted by Gasteiger charge is 2.05. The minimum Gasteiger partial charge on any atom is -0.0840 e. The molecular weight excluding hydrogens is 204 g/mol. The minimum atomic E-state index is 0.831. The van der Waals surface area contributed by atoms with Crippen LogP contribution in [-0.4, -0.2) is 0 Å². The summed E-state index contributed by atoms with van der Waals surface area (Å²) in [5.74, 6) is 1.78. The molecule has 0 nitrogen and oxygen atoms in total. The molecule has 0 saturated heterocycles. The van der Waals surface area contributed by atoms with Gasteiger partial charge in [-0.3, -0.25) is 0 Å². The Balaban J connectivity index is 1.90. The molecule has 0 aromatic heterocycles. The van der Waals surface area contributed by atoms with E-state index in [-0.39, 0.29) is 0 Å². The maximum atomic E-state index is 2.42. The molecule has 98 valence electrons. The van der Waals surface area contributed by atoms with Crippen molar-refractivity contribution in [1.29, 1.82) is 0 Å². The third kappa shape index (κ3) is 7.41. The predicted octanol–water partition coefficient (Wildman–Crippen LogP) is 5.90. The van der Waals surface area contributed by atoms with Gasteiger partial charge in [-0.2, -0.15) is 0 Å². The van der Waals surface area contributed by atoms with E-state index < -0.39 is 0 Å². The fraction of sp³-hybridized carbons (Fsp3) is 0.765. The summed E-state index contributed by atoms with van der Waals surface area (Å²) < 4.78 is 0. The fourth-order valence-electron chi connectivity index (χ4n) is 2.62. The summed E-state index contributed by atoms with van der Waals surface area (Å²) >= 11 is 0. The first-order chi connectivity index (χ1) is 8.33. The lowest BCUT2D eigenvalue weighted by atomic mass is 9.93. The van der Waals surface area contributed by atoms with Crippen molar-refractivity contribution < 1.29 is 0 Å². The van der Waals surface area contributed by atoms with Crippen LogP contribution in [0.4, 0.5) is 0 Å². The summed E-state index contributed by atoms with van der Waals surface area (Å²) in [5, 5.41) is 0. The van der Waals surface area contributed by atoms with Crippen LogP contribution in [0.3, 0.4) is 0 Å². The highest BCUT2D eigenvalue weighted by Crippen LogP contribution is 2.21. The van der Waals surface area contributed by atoms with Gasteiger partial charge in [0.1, 0.15) is 0 Å². The summed E-state index contributed by atoms with van der Waals surface area (Å²) in [6.45, 7) is 4.71. The van der Waals surface area contributed by atoms with E-state index >= 15 is 0 Å². The Labute approximate surface area is 108 Å². The summed E-state index contributed by atoms with van der Waals surface area (Å²) in [5.41, 5.74) is 0. The topological polar surface area (TPSA) is 0 Å². The van der Waals surface area contributed by atoms with Crippen LogP contribution in [0.1, 0.15) is 71.6 Å². The highest BCUT2D eigenvalue weighted by molar-refractivity contribution is 5.10. The molecule has 0 radical (unpaired) electrons. The van der Waals surface area contributed by atoms with Crippen molar-refractivity contribution in [1.82, 2.24) is 0 Å². The smallest absolute Gasteiger partial charge is 0.0196 e. The molecule has 0 N–H and O–H groups in total. The van der Waals surface area contributed by atoms with Gasteiger partial charge in [-0.1, -0.05) is 83.1 Å². The number of hydrogen-bond acceptors (Lipinski definition) is 0. The second-order valence-corrected chi connectivity index (χ2v) is 5.69. The monoisotopic (exact) mass is 234 g/mol. The molecule has 0 spiro atoms. The molecule has 0 aromatic carbocycles. The fourth-order valence-corrected chi connectivity index (χ4v) is 2.62. The van der Waals surface area contributed by atoms with Crippen molar-refractivity contribution in [3.05, 3.63) is 24.3 Å². The molecule has 0 heterocycles. The molecule has 2 unspecified atom stereocenters. The first kappa shape index (κ1) is 14.5. The average molecular weight is 234 g/mol. The zero-order valence-corrected chi connectivity index (χ0v) is 11.8. The van der Waals surface area contributed by atoms with Gasteiger partial charge in [0.05, 0.1) is 0 Å². The number of allylic oxidation sites excluding steroid dienone is 4. The van der Waals surface area contributed by atoms with E-state index in [4.69, 9.17) is 0 Å². The predicted molar refractivity (Wildman–Crippen MR) is 78.2 cm³/mol. The molecule has 0 amide bonds. The molecule has 0 aliphatic heterocycles. The molecule has 2 atom stereocenters. The van der Waals surface area contributed by atoms with Gasteiger partial charge in [-0.15, -0.1) is 0 Å². The van der Waals surface area contributed by atoms with E-state index in [1.807, 2.05) is 0 Å². The van der Waals surface area contributed by atoms with Crippen LogP contribution in [-0.2, 0) is 0 Å². The summed E-state index contributed by atoms with van der Waals surface area (Å²) in [7, 11) is 0. The lowest BCUT2D eigenvalue weighted by Crippen LogP contribution is -1.98. The molecule has 0 saturated carbocycles. The molecule has 1 rings (SSSR count). The van der Waals surface area contributed by atoms with Gasteiger partial charge >= 0.3 is 0 Å². The highest BCUT2D eigenvalue weighted by atomic mass is 14.1. The van der Waals surface area contributed by atoms with Gasteiger partial charge in [0.25, 0.3) is 0 Å². The van der Waals surface area contributed by atoms with Crippen LogP contribution in [0.15, 0.2) is 24.3 Å². The first-order valence-electron chi connectivity index (χ1n) is 7.66. The third-order valence-corrected chi connectivity index (χ3v) is 3.89. The molecule has 0 bridgehead atoms. The van der Waals surface area contributed by atoms with E-state index in [0.717, 1.165) is 11.8 Å². The summed E-state index contributed by atoms with van der Waals surface area (Å²) in [4.78, 5) is 0. The molecular formula is C17H30. The molecule has 0 heteroatoms. The largest absolute Gasteiger partial charge is 0.0840 e. The second kappa shape index (κ2) is 9.50. The zero-order chi connectivity index (χ0) is 12.3. The Bertz CT molecular complexity index is 224. The van der Waals surface area contributed by atoms with Crippen LogP contribution in [0.5, 0.6) is 0 Å². The van der Waals surface area contributed by atoms with Gasteiger partial charge in [-0.25, -0.2) is 0 Å². The van der Waals surface area contributed by atoms with Crippen LogP contribution >= 0.6 is 0 Å². The lowest BCUT2D eigenvalue weighted by molar-refractivity contribution is 0.435. The zero-order valence-electron chi connectivity index (χ0n) is 11.8. The van der Waals surface area contributed by atoms with Crippen molar-refractivity contribution in [3.63, 3.8) is 0 Å². The van der Waals surface area contributed by atoms with Crippen molar-refractivity contribution in [2.24, 2.45) is 11.8 Å². The Morgan fingerprint density at radius 1 is 1.06 bits per heavy atom. The molecule has 1 aliphatic rings. The van der Waals surface area contributed by atoms with Gasteiger partial charge in [0.15, 0.2) is 0 Å². The quantitative estimate of drug-likeness (QED) is 0.436. The van der Waals surface area contributed by atoms with Crippen LogP contribution in [0.2, 0.25) is 0 Å². The number of hydrogen-bond donors (Lipinski definition) is 0. The molecule has 0 fully saturated rings. The lowest BCUT2D eigenvalue weighted by Gasteiger charge is -2.13. The number of unbranched alkanes of at least 4 members (excludes halogenated alkanes) is 3. The summed E-state index contributed by atoms with van der Waals surface area (Å²) in [6.07, 6.45) is 21.7. The SMILES string of the molecule is CCCCC(C)CCCCCC1C=CC=CC1. The number of rotatable bonds is 9. The van der Waals surface area contributed by atoms with Gasteiger partial charge < -0.3 is 0 Å². The average Bonchev–Trinajstić information content (AvgIpc) is 2.37. The normalized spacial score (nSPS) is 20.7. The molecule has 1 aliphatic carbocycles. The third-order valence-electron chi connectivity index (χ3n) is 3.89. The minimum absolute atomic E-state index is 0.831. The molecule has 0 aromatic rings. The molecule has 17 heavy (non-hydrogen) atoms. The van der Waals surface area contributed by atoms with E-state index in [1.165, 1.54) is 57.8 Å². The van der Waals surface area contributed by atoms with Crippen molar-refractivity contribution in [2.75, 3.05) is 0 Å². The van der Waals surface area contributed by atoms with Crippen LogP contribution in [0, 0.1) is 11.8 Å². The maximum absolute atomic E-state index is 2.42. The Morgan fingerprint density at radius 2 is 1.88 bits per heavy atom. The van der Waals surface area contributed by atoms with Gasteiger partial charge in [-0.05, 0) is 24.7 Å². The van der Waals surface area contributed by atoms with Gasteiger partial charge in [0, 0.05) is 0 Å². The second-order valence-electron chi connectivity index (χ2n) is 5.69. The van der Waals surface area contributed by atoms with Crippen molar-refractivity contribution >= 4 is 0 Å². The van der Waals surface area contributed by atoms with Gasteiger partial charge in [0.2, 0.25) is 0 Å². The van der Waals surface area contributed by atoms with Crippen molar-refractivity contribution in [3.8, 4) is 0 Å². The Kier molecular flexibility index (Phi) is 8.13. The van der Waals surface area contributed by atoms with E-state index in [0.29, 0.717) is 0 Å². The van der Waals surface area contributed by atoms with E-state index in [2.05, 4.69) is 38.2 Å². The van der Waals surface area contributed by atoms with Crippen molar-refractivity contribution in [2.45, 2.75) is 71.6 Å². The van der Waals surface area contributed by atoms with E-state index in [9.17, 15) is 0 Å². The first-order valence-corrected chi connectivity index (χ1v) is 7.66. The summed E-state index contributed by atoms with van der Waals surface area (Å²) in [6, 6.07) is 0.